The normalized spacial score (nSPS) is 12.9. The van der Waals surface area contributed by atoms with Crippen LogP contribution >= 0.6 is 12.2 Å². The molecule has 20 heavy (non-hydrogen) atoms. The number of aromatic nitrogens is 4. The Morgan fingerprint density at radius 3 is 2.95 bits per heavy atom. The number of benzene rings is 1. The molecule has 1 unspecified atom stereocenters. The first-order chi connectivity index (χ1) is 9.56. The van der Waals surface area contributed by atoms with Crippen molar-refractivity contribution in [1.29, 1.82) is 0 Å². The molecule has 6 heteroatoms. The van der Waals surface area contributed by atoms with Gasteiger partial charge in [0, 0.05) is 18.9 Å². The van der Waals surface area contributed by atoms with Crippen LogP contribution in [0.15, 0.2) is 30.9 Å². The summed E-state index contributed by atoms with van der Waals surface area (Å²) in [6.07, 6.45) is 5.44. The topological polar surface area (TPSA) is 38.5 Å². The van der Waals surface area contributed by atoms with Gasteiger partial charge in [0.25, 0.3) is 0 Å². The maximum atomic E-state index is 13.6. The molecule has 104 valence electrons. The fourth-order valence-electron chi connectivity index (χ4n) is 2.47. The molecule has 0 spiro atoms. The van der Waals surface area contributed by atoms with E-state index < -0.39 is 0 Å². The van der Waals surface area contributed by atoms with Gasteiger partial charge in [0.15, 0.2) is 4.77 Å². The number of aryl methyl sites for hydroxylation is 1. The maximum Gasteiger partial charge on any atom is 0.178 e. The standard InChI is InChI=1S/C14H15FN4S/c1-9-5-13-12(6-11(9)15)17-14(20)19(13)10(2)7-18-4-3-16-8-18/h3-6,8,10H,7H2,1-2H3,(H,17,20). The minimum absolute atomic E-state index is 0.148. The summed E-state index contributed by atoms with van der Waals surface area (Å²) in [5.74, 6) is -0.219. The minimum atomic E-state index is -0.219. The van der Waals surface area contributed by atoms with Crippen molar-refractivity contribution in [3.05, 3.63) is 47.0 Å². The van der Waals surface area contributed by atoms with Crippen LogP contribution < -0.4 is 0 Å². The van der Waals surface area contributed by atoms with Crippen molar-refractivity contribution in [2.45, 2.75) is 26.4 Å². The molecule has 1 aromatic carbocycles. The van der Waals surface area contributed by atoms with Gasteiger partial charge < -0.3 is 14.1 Å². The van der Waals surface area contributed by atoms with Crippen LogP contribution in [-0.2, 0) is 6.54 Å². The van der Waals surface area contributed by atoms with Gasteiger partial charge in [-0.25, -0.2) is 9.37 Å². The molecular formula is C14H15FN4S. The van der Waals surface area contributed by atoms with Gasteiger partial charge in [-0.1, -0.05) is 0 Å². The van der Waals surface area contributed by atoms with Gasteiger partial charge in [-0.15, -0.1) is 0 Å². The summed E-state index contributed by atoms with van der Waals surface area (Å²) < 4.78 is 18.3. The molecular weight excluding hydrogens is 275 g/mol. The van der Waals surface area contributed by atoms with Crippen molar-refractivity contribution >= 4 is 23.3 Å². The second-order valence-corrected chi connectivity index (χ2v) is 5.41. The highest BCUT2D eigenvalue weighted by atomic mass is 32.1. The number of fused-ring (bicyclic) bond motifs is 1. The lowest BCUT2D eigenvalue weighted by Crippen LogP contribution is -2.12. The zero-order valence-corrected chi connectivity index (χ0v) is 12.1. The smallest absolute Gasteiger partial charge is 0.178 e. The summed E-state index contributed by atoms with van der Waals surface area (Å²) in [6, 6.07) is 3.48. The molecule has 0 radical (unpaired) electrons. The van der Waals surface area contributed by atoms with E-state index in [4.69, 9.17) is 12.2 Å². The molecule has 4 nitrogen and oxygen atoms in total. The Bertz CT molecular complexity index is 801. The molecule has 0 amide bonds. The molecule has 3 aromatic rings. The SMILES string of the molecule is Cc1cc2c(cc1F)[nH]c(=S)n2C(C)Cn1ccnc1. The predicted octanol–water partition coefficient (Wildman–Crippen LogP) is 3.60. The van der Waals surface area contributed by atoms with Crippen LogP contribution in [-0.4, -0.2) is 19.1 Å². The van der Waals surface area contributed by atoms with Crippen LogP contribution in [0.2, 0.25) is 0 Å². The highest BCUT2D eigenvalue weighted by Crippen LogP contribution is 2.23. The van der Waals surface area contributed by atoms with E-state index in [-0.39, 0.29) is 11.9 Å². The van der Waals surface area contributed by atoms with Crippen molar-refractivity contribution in [3.8, 4) is 0 Å². The van der Waals surface area contributed by atoms with E-state index in [0.29, 0.717) is 10.3 Å². The number of aromatic amines is 1. The fraction of sp³-hybridized carbons (Fsp3) is 0.286. The summed E-state index contributed by atoms with van der Waals surface area (Å²) in [4.78, 5) is 7.11. The Hall–Kier alpha value is -1.95. The minimum Gasteiger partial charge on any atom is -0.335 e. The Kier molecular flexibility index (Phi) is 3.17. The van der Waals surface area contributed by atoms with E-state index in [9.17, 15) is 4.39 Å². The van der Waals surface area contributed by atoms with Gasteiger partial charge in [-0.05, 0) is 43.8 Å². The molecule has 0 saturated heterocycles. The third-order valence-electron chi connectivity index (χ3n) is 3.47. The highest BCUT2D eigenvalue weighted by molar-refractivity contribution is 7.71. The molecule has 0 bridgehead atoms. The van der Waals surface area contributed by atoms with Crippen LogP contribution in [0.25, 0.3) is 11.0 Å². The molecule has 1 N–H and O–H groups in total. The first kappa shape index (κ1) is 13.1. The van der Waals surface area contributed by atoms with Gasteiger partial charge >= 0.3 is 0 Å². The molecule has 0 aliphatic heterocycles. The molecule has 2 heterocycles. The van der Waals surface area contributed by atoms with E-state index in [0.717, 1.165) is 17.6 Å². The van der Waals surface area contributed by atoms with Gasteiger partial charge in [0.1, 0.15) is 5.82 Å². The lowest BCUT2D eigenvalue weighted by Gasteiger charge is -2.15. The third-order valence-corrected chi connectivity index (χ3v) is 3.77. The van der Waals surface area contributed by atoms with E-state index in [1.807, 2.05) is 21.4 Å². The molecule has 0 aliphatic rings. The number of halogens is 1. The second-order valence-electron chi connectivity index (χ2n) is 5.03. The third kappa shape index (κ3) is 2.16. The Labute approximate surface area is 120 Å². The lowest BCUT2D eigenvalue weighted by molar-refractivity contribution is 0.470. The molecule has 0 aliphatic carbocycles. The number of nitrogens with one attached hydrogen (secondary N) is 1. The highest BCUT2D eigenvalue weighted by Gasteiger charge is 2.13. The van der Waals surface area contributed by atoms with Crippen LogP contribution in [0, 0.1) is 17.5 Å². The van der Waals surface area contributed by atoms with Gasteiger partial charge in [-0.3, -0.25) is 0 Å². The fourth-order valence-corrected chi connectivity index (χ4v) is 2.86. The lowest BCUT2D eigenvalue weighted by atomic mass is 10.2. The molecule has 1 atom stereocenters. The Morgan fingerprint density at radius 1 is 1.45 bits per heavy atom. The van der Waals surface area contributed by atoms with Crippen molar-refractivity contribution in [3.63, 3.8) is 0 Å². The second kappa shape index (κ2) is 4.86. The van der Waals surface area contributed by atoms with Crippen molar-refractivity contribution < 1.29 is 4.39 Å². The Morgan fingerprint density at radius 2 is 2.25 bits per heavy atom. The number of rotatable bonds is 3. The number of hydrogen-bond donors (Lipinski definition) is 1. The van der Waals surface area contributed by atoms with Gasteiger partial charge in [0.05, 0.1) is 23.4 Å². The summed E-state index contributed by atoms with van der Waals surface area (Å²) >= 11 is 5.37. The zero-order chi connectivity index (χ0) is 14.3. The molecule has 0 saturated carbocycles. The molecule has 0 fully saturated rings. The van der Waals surface area contributed by atoms with Crippen LogP contribution in [0.3, 0.4) is 0 Å². The summed E-state index contributed by atoms with van der Waals surface area (Å²) in [7, 11) is 0. The average Bonchev–Trinajstić information content (AvgIpc) is 2.97. The first-order valence-corrected chi connectivity index (χ1v) is 6.83. The summed E-state index contributed by atoms with van der Waals surface area (Å²) in [6.45, 7) is 4.61. The van der Waals surface area contributed by atoms with E-state index in [1.54, 1.807) is 19.4 Å². The Balaban J connectivity index is 2.08. The van der Waals surface area contributed by atoms with Crippen molar-refractivity contribution in [1.82, 2.24) is 19.1 Å². The first-order valence-electron chi connectivity index (χ1n) is 6.42. The average molecular weight is 290 g/mol. The van der Waals surface area contributed by atoms with Crippen molar-refractivity contribution in [2.75, 3.05) is 0 Å². The van der Waals surface area contributed by atoms with E-state index >= 15 is 0 Å². The number of hydrogen-bond acceptors (Lipinski definition) is 2. The predicted molar refractivity (Wildman–Crippen MR) is 78.8 cm³/mol. The maximum absolute atomic E-state index is 13.6. The molecule has 3 rings (SSSR count). The monoisotopic (exact) mass is 290 g/mol. The molecule has 2 aromatic heterocycles. The van der Waals surface area contributed by atoms with Crippen LogP contribution in [0.4, 0.5) is 4.39 Å². The quantitative estimate of drug-likeness (QED) is 0.748. The summed E-state index contributed by atoms with van der Waals surface area (Å²) in [5.41, 5.74) is 2.28. The van der Waals surface area contributed by atoms with Crippen LogP contribution in [0.5, 0.6) is 0 Å². The number of imidazole rings is 2. The van der Waals surface area contributed by atoms with E-state index in [2.05, 4.69) is 16.9 Å². The number of H-pyrrole nitrogens is 1. The number of nitrogens with zero attached hydrogens (tertiary/aromatic N) is 3. The zero-order valence-electron chi connectivity index (χ0n) is 11.3. The van der Waals surface area contributed by atoms with E-state index in [1.165, 1.54) is 6.07 Å². The van der Waals surface area contributed by atoms with Crippen LogP contribution in [0.1, 0.15) is 18.5 Å². The largest absolute Gasteiger partial charge is 0.335 e. The van der Waals surface area contributed by atoms with Gasteiger partial charge in [0.2, 0.25) is 0 Å². The van der Waals surface area contributed by atoms with Crippen molar-refractivity contribution in [2.24, 2.45) is 0 Å². The summed E-state index contributed by atoms with van der Waals surface area (Å²) in [5, 5.41) is 0. The van der Waals surface area contributed by atoms with Gasteiger partial charge in [-0.2, -0.15) is 0 Å².